The zero-order valence-corrected chi connectivity index (χ0v) is 16.6. The number of hydrogen-bond acceptors (Lipinski definition) is 5. The van der Waals surface area contributed by atoms with Gasteiger partial charge in [0.25, 0.3) is 0 Å². The number of ether oxygens (including phenoxy) is 1. The molecule has 2 atom stereocenters. The number of carbonyl (C=O) groups excluding carboxylic acids is 1. The number of thioether (sulfide) groups is 1. The minimum absolute atomic E-state index is 0.176. The minimum atomic E-state index is 0.176. The van der Waals surface area contributed by atoms with E-state index in [1.165, 1.54) is 18.2 Å². The first-order valence-corrected chi connectivity index (χ1v) is 9.91. The first-order valence-electron chi connectivity index (χ1n) is 8.93. The largest absolute Gasteiger partial charge is 0.496 e. The highest BCUT2D eigenvalue weighted by atomic mass is 32.2. The molecule has 6 nitrogen and oxygen atoms in total. The van der Waals surface area contributed by atoms with Gasteiger partial charge in [-0.2, -0.15) is 0 Å². The minimum Gasteiger partial charge on any atom is -0.496 e. The van der Waals surface area contributed by atoms with Crippen LogP contribution in [0.3, 0.4) is 0 Å². The van der Waals surface area contributed by atoms with E-state index in [9.17, 15) is 4.79 Å². The fraction of sp³-hybridized carbons (Fsp3) is 0.526. The summed E-state index contributed by atoms with van der Waals surface area (Å²) in [7, 11) is 3.56. The number of amides is 1. The van der Waals surface area contributed by atoms with E-state index in [0.717, 1.165) is 35.4 Å². The molecule has 1 aromatic carbocycles. The maximum atomic E-state index is 12.6. The Bertz CT molecular complexity index is 767. The first-order chi connectivity index (χ1) is 12.5. The molecular weight excluding hydrogens is 348 g/mol. The highest BCUT2D eigenvalue weighted by molar-refractivity contribution is 7.99. The maximum Gasteiger partial charge on any atom is 0.233 e. The van der Waals surface area contributed by atoms with Gasteiger partial charge in [0.1, 0.15) is 5.75 Å². The number of nitrogens with zero attached hydrogens (tertiary/aromatic N) is 4. The lowest BCUT2D eigenvalue weighted by Gasteiger charge is -2.34. The predicted molar refractivity (Wildman–Crippen MR) is 103 cm³/mol. The monoisotopic (exact) mass is 374 g/mol. The number of carbonyl (C=O) groups is 1. The van der Waals surface area contributed by atoms with E-state index in [4.69, 9.17) is 4.74 Å². The molecule has 26 heavy (non-hydrogen) atoms. The molecule has 0 saturated carbocycles. The van der Waals surface area contributed by atoms with E-state index in [-0.39, 0.29) is 5.91 Å². The fourth-order valence-electron chi connectivity index (χ4n) is 3.59. The third-order valence-corrected chi connectivity index (χ3v) is 5.73. The normalized spacial score (nSPS) is 20.2. The SMILES string of the molecule is COc1ccccc1-c1nnc(SCC(=O)N2CC(C)CC(C)C2)n1C. The summed E-state index contributed by atoms with van der Waals surface area (Å²) in [6.07, 6.45) is 1.20. The van der Waals surface area contributed by atoms with Crippen LogP contribution < -0.4 is 4.74 Å². The van der Waals surface area contributed by atoms with Crippen molar-refractivity contribution in [2.45, 2.75) is 25.4 Å². The molecule has 0 N–H and O–H groups in total. The molecule has 1 aliphatic heterocycles. The van der Waals surface area contributed by atoms with Crippen molar-refractivity contribution in [2.24, 2.45) is 18.9 Å². The zero-order chi connectivity index (χ0) is 18.7. The van der Waals surface area contributed by atoms with E-state index in [1.54, 1.807) is 7.11 Å². The van der Waals surface area contributed by atoms with Gasteiger partial charge in [-0.25, -0.2) is 0 Å². The summed E-state index contributed by atoms with van der Waals surface area (Å²) in [5, 5.41) is 9.29. The molecule has 1 saturated heterocycles. The highest BCUT2D eigenvalue weighted by Crippen LogP contribution is 2.30. The summed E-state index contributed by atoms with van der Waals surface area (Å²) in [4.78, 5) is 14.6. The third-order valence-electron chi connectivity index (χ3n) is 4.73. The molecule has 1 amide bonds. The summed E-state index contributed by atoms with van der Waals surface area (Å²) < 4.78 is 7.33. The van der Waals surface area contributed by atoms with Crippen molar-refractivity contribution in [3.63, 3.8) is 0 Å². The molecule has 3 rings (SSSR count). The van der Waals surface area contributed by atoms with Crippen LogP contribution in [0.25, 0.3) is 11.4 Å². The van der Waals surface area contributed by atoms with Gasteiger partial charge in [0.15, 0.2) is 11.0 Å². The lowest BCUT2D eigenvalue weighted by Crippen LogP contribution is -2.43. The molecule has 7 heteroatoms. The molecule has 2 unspecified atom stereocenters. The second-order valence-corrected chi connectivity index (χ2v) is 8.04. The van der Waals surface area contributed by atoms with Crippen molar-refractivity contribution in [1.82, 2.24) is 19.7 Å². The second kappa shape index (κ2) is 8.12. The number of hydrogen-bond donors (Lipinski definition) is 0. The number of methoxy groups -OCH3 is 1. The maximum absolute atomic E-state index is 12.6. The Morgan fingerprint density at radius 2 is 1.92 bits per heavy atom. The summed E-state index contributed by atoms with van der Waals surface area (Å²) >= 11 is 1.44. The molecule has 2 aromatic rings. The summed E-state index contributed by atoms with van der Waals surface area (Å²) in [5.74, 6) is 3.19. The third kappa shape index (κ3) is 4.03. The quantitative estimate of drug-likeness (QED) is 0.753. The number of piperidine rings is 1. The van der Waals surface area contributed by atoms with Crippen LogP contribution in [0, 0.1) is 11.8 Å². The Labute approximate surface area is 158 Å². The van der Waals surface area contributed by atoms with Crippen LogP contribution in [0.5, 0.6) is 5.75 Å². The van der Waals surface area contributed by atoms with Crippen molar-refractivity contribution in [2.75, 3.05) is 26.0 Å². The molecule has 1 aliphatic rings. The van der Waals surface area contributed by atoms with Crippen molar-refractivity contribution in [3.05, 3.63) is 24.3 Å². The van der Waals surface area contributed by atoms with Gasteiger partial charge in [0, 0.05) is 20.1 Å². The van der Waals surface area contributed by atoms with Gasteiger partial charge in [-0.3, -0.25) is 4.79 Å². The van der Waals surface area contributed by atoms with E-state index in [0.29, 0.717) is 17.6 Å². The van der Waals surface area contributed by atoms with Crippen LogP contribution >= 0.6 is 11.8 Å². The Morgan fingerprint density at radius 1 is 1.23 bits per heavy atom. The van der Waals surface area contributed by atoms with Crippen LogP contribution in [0.4, 0.5) is 0 Å². The zero-order valence-electron chi connectivity index (χ0n) is 15.8. The molecule has 1 aromatic heterocycles. The number of benzene rings is 1. The van der Waals surface area contributed by atoms with Gasteiger partial charge in [-0.15, -0.1) is 10.2 Å². The van der Waals surface area contributed by atoms with Crippen LogP contribution in [-0.2, 0) is 11.8 Å². The second-order valence-electron chi connectivity index (χ2n) is 7.10. The van der Waals surface area contributed by atoms with Gasteiger partial charge in [-0.05, 0) is 30.4 Å². The van der Waals surface area contributed by atoms with Crippen molar-refractivity contribution < 1.29 is 9.53 Å². The van der Waals surface area contributed by atoms with Crippen molar-refractivity contribution in [3.8, 4) is 17.1 Å². The van der Waals surface area contributed by atoms with Crippen LogP contribution in [0.1, 0.15) is 20.3 Å². The predicted octanol–water partition coefficient (Wildman–Crippen LogP) is 3.09. The van der Waals surface area contributed by atoms with Crippen LogP contribution in [0.15, 0.2) is 29.4 Å². The lowest BCUT2D eigenvalue weighted by molar-refractivity contribution is -0.130. The molecule has 140 valence electrons. The van der Waals surface area contributed by atoms with Gasteiger partial charge < -0.3 is 14.2 Å². The summed E-state index contributed by atoms with van der Waals surface area (Å²) in [6, 6.07) is 7.73. The average molecular weight is 375 g/mol. The molecule has 0 bridgehead atoms. The van der Waals surface area contributed by atoms with Gasteiger partial charge in [0.2, 0.25) is 5.91 Å². The number of para-hydroxylation sites is 1. The summed E-state index contributed by atoms with van der Waals surface area (Å²) in [5.41, 5.74) is 0.891. The number of likely N-dealkylation sites (tertiary alicyclic amines) is 1. The number of aromatic nitrogens is 3. The summed E-state index contributed by atoms with van der Waals surface area (Å²) in [6.45, 7) is 6.14. The van der Waals surface area contributed by atoms with Gasteiger partial charge in [-0.1, -0.05) is 37.7 Å². The molecule has 0 aliphatic carbocycles. The van der Waals surface area contributed by atoms with Crippen LogP contribution in [-0.4, -0.2) is 51.5 Å². The van der Waals surface area contributed by atoms with Gasteiger partial charge in [0.05, 0.1) is 18.4 Å². The molecular formula is C19H26N4O2S. The van der Waals surface area contributed by atoms with Gasteiger partial charge >= 0.3 is 0 Å². The Hall–Kier alpha value is -2.02. The number of rotatable bonds is 5. The van der Waals surface area contributed by atoms with E-state index in [1.807, 2.05) is 40.8 Å². The Morgan fingerprint density at radius 3 is 2.62 bits per heavy atom. The standard InChI is InChI=1S/C19H26N4O2S/c1-13-9-14(2)11-23(10-13)17(24)12-26-19-21-20-18(22(19)3)15-7-5-6-8-16(15)25-4/h5-8,13-14H,9-12H2,1-4H3. The first kappa shape index (κ1) is 18.8. The fourth-order valence-corrected chi connectivity index (χ4v) is 4.40. The average Bonchev–Trinajstić information content (AvgIpc) is 2.99. The van der Waals surface area contributed by atoms with Crippen LogP contribution in [0.2, 0.25) is 0 Å². The van der Waals surface area contributed by atoms with Crippen molar-refractivity contribution >= 4 is 17.7 Å². The molecule has 0 radical (unpaired) electrons. The van der Waals surface area contributed by atoms with Crippen molar-refractivity contribution in [1.29, 1.82) is 0 Å². The van der Waals surface area contributed by atoms with E-state index in [2.05, 4.69) is 24.0 Å². The molecule has 0 spiro atoms. The van der Waals surface area contributed by atoms with E-state index >= 15 is 0 Å². The molecule has 2 heterocycles. The molecule has 1 fully saturated rings. The lowest BCUT2D eigenvalue weighted by atomic mass is 9.92. The Kier molecular flexibility index (Phi) is 5.86. The Balaban J connectivity index is 1.68. The topological polar surface area (TPSA) is 60.3 Å². The van der Waals surface area contributed by atoms with E-state index < -0.39 is 0 Å². The smallest absolute Gasteiger partial charge is 0.233 e. The highest BCUT2D eigenvalue weighted by Gasteiger charge is 2.25.